The molecule has 1 aliphatic heterocycles. The minimum atomic E-state index is -3.57. The molecule has 0 N–H and O–H groups in total. The third-order valence-electron chi connectivity index (χ3n) is 7.09. The van der Waals surface area contributed by atoms with Crippen LogP contribution < -0.4 is 4.74 Å². The van der Waals surface area contributed by atoms with Crippen molar-refractivity contribution in [3.8, 4) is 5.75 Å². The van der Waals surface area contributed by atoms with Crippen LogP contribution in [0.15, 0.2) is 52.5 Å². The Morgan fingerprint density at radius 3 is 2.53 bits per heavy atom. The summed E-state index contributed by atoms with van der Waals surface area (Å²) in [6.45, 7) is 0.364. The van der Waals surface area contributed by atoms with E-state index in [0.717, 1.165) is 41.9 Å². The Bertz CT molecular complexity index is 1310. The van der Waals surface area contributed by atoms with Crippen molar-refractivity contribution in [1.82, 2.24) is 13.9 Å². The largest absolute Gasteiger partial charge is 0.435 e. The van der Waals surface area contributed by atoms with E-state index >= 15 is 0 Å². The monoisotopic (exact) mass is 535 g/mol. The molecule has 6 nitrogen and oxygen atoms in total. The van der Waals surface area contributed by atoms with Crippen LogP contribution in [0.1, 0.15) is 57.1 Å². The zero-order valence-corrected chi connectivity index (χ0v) is 21.9. The van der Waals surface area contributed by atoms with E-state index in [-0.39, 0.29) is 5.75 Å². The summed E-state index contributed by atoms with van der Waals surface area (Å²) < 4.78 is 59.9. The van der Waals surface area contributed by atoms with Gasteiger partial charge in [0.15, 0.2) is 5.16 Å². The summed E-state index contributed by atoms with van der Waals surface area (Å²) in [6.07, 6.45) is 6.42. The van der Waals surface area contributed by atoms with Crippen molar-refractivity contribution in [3.63, 3.8) is 0 Å². The lowest BCUT2D eigenvalue weighted by atomic mass is 10.0. The first-order valence-electron chi connectivity index (χ1n) is 12.5. The maximum Gasteiger partial charge on any atom is 0.387 e. The van der Waals surface area contributed by atoms with Crippen molar-refractivity contribution in [2.24, 2.45) is 5.92 Å². The average molecular weight is 536 g/mol. The highest BCUT2D eigenvalue weighted by Gasteiger charge is 2.30. The summed E-state index contributed by atoms with van der Waals surface area (Å²) in [5.41, 5.74) is 2.61. The molecule has 2 aromatic carbocycles. The number of rotatable bonds is 8. The van der Waals surface area contributed by atoms with Crippen molar-refractivity contribution >= 4 is 32.8 Å². The molecular weight excluding hydrogens is 504 g/mol. The number of benzene rings is 2. The zero-order chi connectivity index (χ0) is 25.3. The number of fused-ring (bicyclic) bond motifs is 1. The molecule has 2 heterocycles. The Hall–Kier alpha value is -2.17. The predicted octanol–water partition coefficient (Wildman–Crippen LogP) is 6.47. The van der Waals surface area contributed by atoms with Gasteiger partial charge in [0.1, 0.15) is 5.75 Å². The van der Waals surface area contributed by atoms with Gasteiger partial charge in [0.2, 0.25) is 10.0 Å². The molecule has 1 aromatic heterocycles. The van der Waals surface area contributed by atoms with Gasteiger partial charge in [-0.1, -0.05) is 43.7 Å². The van der Waals surface area contributed by atoms with E-state index in [2.05, 4.69) is 16.2 Å². The van der Waals surface area contributed by atoms with Gasteiger partial charge in [-0.2, -0.15) is 13.1 Å². The van der Waals surface area contributed by atoms with Crippen LogP contribution in [0.5, 0.6) is 5.75 Å². The first-order valence-corrected chi connectivity index (χ1v) is 14.9. The fourth-order valence-corrected chi connectivity index (χ4v) is 7.92. The molecule has 0 bridgehead atoms. The summed E-state index contributed by atoms with van der Waals surface area (Å²) in [5, 5.41) is 0.853. The van der Waals surface area contributed by atoms with Crippen LogP contribution >= 0.6 is 11.8 Å². The van der Waals surface area contributed by atoms with Crippen LogP contribution in [0.2, 0.25) is 0 Å². The van der Waals surface area contributed by atoms with Crippen molar-refractivity contribution in [2.45, 2.75) is 73.9 Å². The van der Waals surface area contributed by atoms with Crippen LogP contribution in [0, 0.1) is 5.92 Å². The normalized spacial score (nSPS) is 19.9. The molecule has 194 valence electrons. The number of ether oxygens (including phenoxy) is 1. The molecule has 1 saturated carbocycles. The molecule has 0 radical (unpaired) electrons. The van der Waals surface area contributed by atoms with Crippen molar-refractivity contribution in [2.75, 3.05) is 13.1 Å². The lowest BCUT2D eigenvalue weighted by Gasteiger charge is -2.30. The van der Waals surface area contributed by atoms with E-state index in [1.165, 1.54) is 12.8 Å². The third kappa shape index (κ3) is 5.40. The molecule has 10 heteroatoms. The second-order valence-electron chi connectivity index (χ2n) is 9.77. The number of halogens is 2. The number of hydrogen-bond acceptors (Lipinski definition) is 5. The Morgan fingerprint density at radius 2 is 1.83 bits per heavy atom. The number of alkyl halides is 2. The van der Waals surface area contributed by atoms with Gasteiger partial charge in [-0.25, -0.2) is 13.4 Å². The van der Waals surface area contributed by atoms with Gasteiger partial charge in [0.25, 0.3) is 0 Å². The maximum absolute atomic E-state index is 13.4. The molecule has 1 saturated heterocycles. The highest BCUT2D eigenvalue weighted by molar-refractivity contribution is 7.98. The van der Waals surface area contributed by atoms with E-state index in [1.54, 1.807) is 52.5 Å². The molecule has 2 fully saturated rings. The Balaban J connectivity index is 1.42. The molecule has 2 aliphatic rings. The van der Waals surface area contributed by atoms with Gasteiger partial charge in [0, 0.05) is 24.9 Å². The summed E-state index contributed by atoms with van der Waals surface area (Å²) in [4.78, 5) is 5.18. The predicted molar refractivity (Wildman–Crippen MR) is 137 cm³/mol. The number of sulfonamides is 1. The number of imidazole rings is 1. The molecular formula is C26H31F2N3O3S2. The average Bonchev–Trinajstić information content (AvgIpc) is 3.50. The Morgan fingerprint density at radius 1 is 1.08 bits per heavy atom. The standard InChI is InChI=1S/C26H31F2N3O3S2/c1-18-5-4-14-30(16-18)36(32,33)22-12-13-24-23(15-22)29-26(31(24)20-6-2-3-7-20)35-17-19-8-10-21(11-9-19)34-25(27)28/h8-13,15,18,20,25H,2-7,14,16-17H2,1H3. The summed E-state index contributed by atoms with van der Waals surface area (Å²) in [6, 6.07) is 12.3. The molecule has 3 aromatic rings. The molecule has 5 rings (SSSR count). The van der Waals surface area contributed by atoms with Gasteiger partial charge < -0.3 is 9.30 Å². The highest BCUT2D eigenvalue weighted by atomic mass is 32.2. The molecule has 1 atom stereocenters. The Kier molecular flexibility index (Phi) is 7.55. The number of thioether (sulfide) groups is 1. The van der Waals surface area contributed by atoms with Gasteiger partial charge in [-0.15, -0.1) is 0 Å². The number of aromatic nitrogens is 2. The lowest BCUT2D eigenvalue weighted by molar-refractivity contribution is -0.0498. The van der Waals surface area contributed by atoms with Gasteiger partial charge in [-0.3, -0.25) is 0 Å². The van der Waals surface area contributed by atoms with Crippen molar-refractivity contribution < 1.29 is 21.9 Å². The van der Waals surface area contributed by atoms with Crippen LogP contribution in [-0.2, 0) is 15.8 Å². The minimum absolute atomic E-state index is 0.133. The smallest absolute Gasteiger partial charge is 0.387 e. The number of piperidine rings is 1. The van der Waals surface area contributed by atoms with Gasteiger partial charge in [-0.05, 0) is 67.5 Å². The van der Waals surface area contributed by atoms with Crippen molar-refractivity contribution in [1.29, 1.82) is 0 Å². The van der Waals surface area contributed by atoms with Gasteiger partial charge >= 0.3 is 6.61 Å². The first-order chi connectivity index (χ1) is 17.3. The van der Waals surface area contributed by atoms with Crippen molar-refractivity contribution in [3.05, 3.63) is 48.0 Å². The van der Waals surface area contributed by atoms with Crippen LogP contribution in [0.4, 0.5) is 8.78 Å². The molecule has 0 spiro atoms. The summed E-state index contributed by atoms with van der Waals surface area (Å²) in [5.74, 6) is 1.11. The number of nitrogens with zero attached hydrogens (tertiary/aromatic N) is 3. The van der Waals surface area contributed by atoms with Crippen LogP contribution in [-0.4, -0.2) is 42.0 Å². The van der Waals surface area contributed by atoms with E-state index < -0.39 is 16.6 Å². The zero-order valence-electron chi connectivity index (χ0n) is 20.3. The molecule has 36 heavy (non-hydrogen) atoms. The third-order valence-corrected chi connectivity index (χ3v) is 9.98. The Labute approximate surface area is 215 Å². The number of hydrogen-bond donors (Lipinski definition) is 0. The van der Waals surface area contributed by atoms with E-state index in [4.69, 9.17) is 4.98 Å². The van der Waals surface area contributed by atoms with E-state index in [0.29, 0.717) is 41.2 Å². The van der Waals surface area contributed by atoms with Crippen LogP contribution in [0.3, 0.4) is 0 Å². The fraction of sp³-hybridized carbons (Fsp3) is 0.500. The second kappa shape index (κ2) is 10.7. The maximum atomic E-state index is 13.4. The van der Waals surface area contributed by atoms with Crippen LogP contribution in [0.25, 0.3) is 11.0 Å². The van der Waals surface area contributed by atoms with Gasteiger partial charge in [0.05, 0.1) is 15.9 Å². The minimum Gasteiger partial charge on any atom is -0.435 e. The molecule has 1 aliphatic carbocycles. The highest BCUT2D eigenvalue weighted by Crippen LogP contribution is 2.38. The van der Waals surface area contributed by atoms with E-state index in [1.807, 2.05) is 6.07 Å². The SMILES string of the molecule is CC1CCCN(S(=O)(=O)c2ccc3c(c2)nc(SCc2ccc(OC(F)F)cc2)n3C2CCCC2)C1. The quantitative estimate of drug-likeness (QED) is 0.310. The first kappa shape index (κ1) is 25.5. The molecule has 1 unspecified atom stereocenters. The van der Waals surface area contributed by atoms with E-state index in [9.17, 15) is 17.2 Å². The fourth-order valence-electron chi connectivity index (χ4n) is 5.26. The second-order valence-corrected chi connectivity index (χ2v) is 12.7. The topological polar surface area (TPSA) is 64.4 Å². The summed E-state index contributed by atoms with van der Waals surface area (Å²) in [7, 11) is -3.57. The lowest BCUT2D eigenvalue weighted by Crippen LogP contribution is -2.39. The summed E-state index contributed by atoms with van der Waals surface area (Å²) >= 11 is 1.58. The molecule has 0 amide bonds.